The summed E-state index contributed by atoms with van der Waals surface area (Å²) in [6.07, 6.45) is 0. The van der Waals surface area contributed by atoms with Crippen LogP contribution in [0.4, 0.5) is 8.78 Å². The molecule has 1 heterocycles. The Balaban J connectivity index is 2.15. The van der Waals surface area contributed by atoms with Crippen molar-refractivity contribution >= 4 is 0 Å². The first-order valence-electron chi connectivity index (χ1n) is 6.82. The highest BCUT2D eigenvalue weighted by molar-refractivity contribution is 5.52. The molecule has 2 rings (SSSR count). The van der Waals surface area contributed by atoms with E-state index in [0.29, 0.717) is 17.9 Å². The third-order valence-electron chi connectivity index (χ3n) is 3.29. The quantitative estimate of drug-likeness (QED) is 0.886. The van der Waals surface area contributed by atoms with E-state index in [1.165, 1.54) is 6.07 Å². The average molecular weight is 296 g/mol. The van der Waals surface area contributed by atoms with E-state index < -0.39 is 17.7 Å². The average Bonchev–Trinajstić information content (AvgIpc) is 2.97. The van der Waals surface area contributed by atoms with Crippen LogP contribution in [0.25, 0.3) is 11.5 Å². The predicted molar refractivity (Wildman–Crippen MR) is 74.4 cm³/mol. The second kappa shape index (κ2) is 6.73. The normalized spacial score (nSPS) is 12.9. The molecule has 0 saturated carbocycles. The lowest BCUT2D eigenvalue weighted by Gasteiger charge is -2.20. The molecule has 2 aromatic rings. The van der Waals surface area contributed by atoms with Crippen LogP contribution in [-0.2, 0) is 0 Å². The molecule has 0 radical (unpaired) electrons. The zero-order valence-corrected chi connectivity index (χ0v) is 12.0. The number of benzene rings is 1. The highest BCUT2D eigenvalue weighted by Crippen LogP contribution is 2.21. The molecule has 0 aliphatic carbocycles. The molecule has 1 atom stereocenters. The summed E-state index contributed by atoms with van der Waals surface area (Å²) in [6, 6.07) is 3.02. The van der Waals surface area contributed by atoms with Crippen LogP contribution < -0.4 is 5.73 Å². The van der Waals surface area contributed by atoms with Crippen molar-refractivity contribution < 1.29 is 13.3 Å². The SMILES string of the molecule is CCN(CC)CC(N)c1noc(-c2ccc(F)c(F)c2)n1. The Kier molecular flexibility index (Phi) is 4.98. The van der Waals surface area contributed by atoms with E-state index in [1.807, 2.05) is 13.8 Å². The molecule has 1 aromatic carbocycles. The smallest absolute Gasteiger partial charge is 0.258 e. The standard InChI is InChI=1S/C14H18F2N4O/c1-3-20(4-2)8-12(17)13-18-14(21-19-13)9-5-6-10(15)11(16)7-9/h5-7,12H,3-4,8,17H2,1-2H3. The molecule has 114 valence electrons. The molecule has 5 nitrogen and oxygen atoms in total. The van der Waals surface area contributed by atoms with Crippen molar-refractivity contribution in [1.82, 2.24) is 15.0 Å². The Morgan fingerprint density at radius 1 is 1.24 bits per heavy atom. The minimum absolute atomic E-state index is 0.124. The van der Waals surface area contributed by atoms with Crippen molar-refractivity contribution in [2.24, 2.45) is 5.73 Å². The number of nitrogens with zero attached hydrogens (tertiary/aromatic N) is 3. The van der Waals surface area contributed by atoms with Crippen LogP contribution in [0.3, 0.4) is 0 Å². The lowest BCUT2D eigenvalue weighted by Crippen LogP contribution is -2.32. The molecule has 0 amide bonds. The van der Waals surface area contributed by atoms with Crippen LogP contribution in [0, 0.1) is 11.6 Å². The number of hydrogen-bond donors (Lipinski definition) is 1. The van der Waals surface area contributed by atoms with Gasteiger partial charge in [0.05, 0.1) is 6.04 Å². The summed E-state index contributed by atoms with van der Waals surface area (Å²) < 4.78 is 31.2. The monoisotopic (exact) mass is 296 g/mol. The van der Waals surface area contributed by atoms with Gasteiger partial charge in [-0.25, -0.2) is 8.78 Å². The van der Waals surface area contributed by atoms with Gasteiger partial charge in [-0.05, 0) is 31.3 Å². The molecular weight excluding hydrogens is 278 g/mol. The van der Waals surface area contributed by atoms with Crippen molar-refractivity contribution in [3.8, 4) is 11.5 Å². The minimum atomic E-state index is -0.959. The van der Waals surface area contributed by atoms with Gasteiger partial charge >= 0.3 is 0 Å². The Labute approximate surface area is 121 Å². The molecule has 21 heavy (non-hydrogen) atoms. The number of rotatable bonds is 6. The van der Waals surface area contributed by atoms with Gasteiger partial charge in [-0.1, -0.05) is 19.0 Å². The van der Waals surface area contributed by atoms with E-state index >= 15 is 0 Å². The Hall–Kier alpha value is -1.86. The van der Waals surface area contributed by atoms with Crippen LogP contribution in [-0.4, -0.2) is 34.7 Å². The van der Waals surface area contributed by atoms with Gasteiger partial charge in [0.1, 0.15) is 0 Å². The molecule has 2 N–H and O–H groups in total. The zero-order valence-electron chi connectivity index (χ0n) is 12.0. The first-order valence-corrected chi connectivity index (χ1v) is 6.82. The van der Waals surface area contributed by atoms with Gasteiger partial charge in [0.15, 0.2) is 17.5 Å². The lowest BCUT2D eigenvalue weighted by molar-refractivity contribution is 0.278. The van der Waals surface area contributed by atoms with E-state index in [-0.39, 0.29) is 5.89 Å². The first-order chi connectivity index (χ1) is 10.0. The Bertz CT molecular complexity index is 598. The summed E-state index contributed by atoms with van der Waals surface area (Å²) in [5.74, 6) is -1.41. The van der Waals surface area contributed by atoms with Gasteiger partial charge in [-0.15, -0.1) is 0 Å². The van der Waals surface area contributed by atoms with Crippen molar-refractivity contribution in [2.75, 3.05) is 19.6 Å². The lowest BCUT2D eigenvalue weighted by atomic mass is 10.2. The second-order valence-electron chi connectivity index (χ2n) is 4.68. The number of likely N-dealkylation sites (N-methyl/N-ethyl adjacent to an activating group) is 1. The molecule has 0 aliphatic heterocycles. The molecule has 7 heteroatoms. The minimum Gasteiger partial charge on any atom is -0.334 e. The zero-order chi connectivity index (χ0) is 15.4. The van der Waals surface area contributed by atoms with Crippen LogP contribution in [0.5, 0.6) is 0 Å². The van der Waals surface area contributed by atoms with Gasteiger partial charge in [0.2, 0.25) is 0 Å². The fourth-order valence-electron chi connectivity index (χ4n) is 1.97. The van der Waals surface area contributed by atoms with E-state index in [1.54, 1.807) is 0 Å². The van der Waals surface area contributed by atoms with E-state index in [0.717, 1.165) is 25.2 Å². The topological polar surface area (TPSA) is 68.2 Å². The third-order valence-corrected chi connectivity index (χ3v) is 3.29. The van der Waals surface area contributed by atoms with Crippen LogP contribution in [0.1, 0.15) is 25.7 Å². The molecule has 0 bridgehead atoms. The van der Waals surface area contributed by atoms with Crippen molar-refractivity contribution in [3.63, 3.8) is 0 Å². The van der Waals surface area contributed by atoms with Crippen molar-refractivity contribution in [1.29, 1.82) is 0 Å². The number of aromatic nitrogens is 2. The summed E-state index contributed by atoms with van der Waals surface area (Å²) in [6.45, 7) is 6.43. The highest BCUT2D eigenvalue weighted by Gasteiger charge is 2.18. The fraction of sp³-hybridized carbons (Fsp3) is 0.429. The van der Waals surface area contributed by atoms with Gasteiger partial charge in [0, 0.05) is 12.1 Å². The molecule has 1 aromatic heterocycles. The highest BCUT2D eigenvalue weighted by atomic mass is 19.2. The number of hydrogen-bond acceptors (Lipinski definition) is 5. The predicted octanol–water partition coefficient (Wildman–Crippen LogP) is 2.36. The second-order valence-corrected chi connectivity index (χ2v) is 4.68. The van der Waals surface area contributed by atoms with Crippen molar-refractivity contribution in [2.45, 2.75) is 19.9 Å². The third kappa shape index (κ3) is 3.62. The maximum Gasteiger partial charge on any atom is 0.258 e. The largest absolute Gasteiger partial charge is 0.334 e. The van der Waals surface area contributed by atoms with E-state index in [9.17, 15) is 8.78 Å². The maximum atomic E-state index is 13.2. The summed E-state index contributed by atoms with van der Waals surface area (Å²) in [5, 5.41) is 3.81. The Morgan fingerprint density at radius 2 is 1.95 bits per heavy atom. The van der Waals surface area contributed by atoms with Crippen LogP contribution >= 0.6 is 0 Å². The maximum absolute atomic E-state index is 13.2. The van der Waals surface area contributed by atoms with Crippen LogP contribution in [0.15, 0.2) is 22.7 Å². The fourth-order valence-corrected chi connectivity index (χ4v) is 1.97. The van der Waals surface area contributed by atoms with Gasteiger partial charge in [-0.3, -0.25) is 0 Å². The van der Waals surface area contributed by atoms with E-state index in [4.69, 9.17) is 10.3 Å². The number of halogens is 2. The summed E-state index contributed by atoms with van der Waals surface area (Å²) in [4.78, 5) is 6.29. The summed E-state index contributed by atoms with van der Waals surface area (Å²) in [5.41, 5.74) is 6.35. The molecule has 1 unspecified atom stereocenters. The molecule has 0 saturated heterocycles. The van der Waals surface area contributed by atoms with Crippen molar-refractivity contribution in [3.05, 3.63) is 35.7 Å². The molecule has 0 fully saturated rings. The summed E-state index contributed by atoms with van der Waals surface area (Å²) >= 11 is 0. The van der Waals surface area contributed by atoms with E-state index in [2.05, 4.69) is 15.0 Å². The Morgan fingerprint density at radius 3 is 2.57 bits per heavy atom. The molecule has 0 aliphatic rings. The van der Waals surface area contributed by atoms with Gasteiger partial charge in [0.25, 0.3) is 5.89 Å². The first kappa shape index (κ1) is 15.5. The van der Waals surface area contributed by atoms with Crippen LogP contribution in [0.2, 0.25) is 0 Å². The molecular formula is C14H18F2N4O. The van der Waals surface area contributed by atoms with Gasteiger partial charge in [-0.2, -0.15) is 4.98 Å². The molecule has 0 spiro atoms. The van der Waals surface area contributed by atoms with Gasteiger partial charge < -0.3 is 15.2 Å². The number of nitrogens with two attached hydrogens (primary N) is 1. The summed E-state index contributed by atoms with van der Waals surface area (Å²) in [7, 11) is 0.